The molecule has 1 N–H and O–H groups in total. The van der Waals surface area contributed by atoms with E-state index in [9.17, 15) is 0 Å². The van der Waals surface area contributed by atoms with Crippen molar-refractivity contribution in [3.8, 4) is 5.06 Å². The number of allylic oxidation sites excluding steroid dienone is 1. The highest BCUT2D eigenvalue weighted by Gasteiger charge is 2.03. The molecule has 0 spiro atoms. The molecular formula is C13H21NOS. The lowest BCUT2D eigenvalue weighted by atomic mass is 10.1. The Morgan fingerprint density at radius 2 is 2.38 bits per heavy atom. The Balaban J connectivity index is 2.20. The van der Waals surface area contributed by atoms with E-state index in [-0.39, 0.29) is 0 Å². The van der Waals surface area contributed by atoms with Gasteiger partial charge in [0, 0.05) is 17.5 Å². The molecule has 0 aliphatic heterocycles. The summed E-state index contributed by atoms with van der Waals surface area (Å²) >= 11 is 1.70. The first-order valence-corrected chi connectivity index (χ1v) is 6.55. The van der Waals surface area contributed by atoms with Crippen molar-refractivity contribution in [2.24, 2.45) is 0 Å². The van der Waals surface area contributed by atoms with Crippen LogP contribution < -0.4 is 10.1 Å². The highest BCUT2D eigenvalue weighted by molar-refractivity contribution is 7.13. The zero-order valence-electron chi connectivity index (χ0n) is 10.2. The molecule has 1 atom stereocenters. The molecule has 3 heteroatoms. The van der Waals surface area contributed by atoms with Gasteiger partial charge in [-0.15, -0.1) is 17.9 Å². The van der Waals surface area contributed by atoms with Gasteiger partial charge in [0.2, 0.25) is 0 Å². The topological polar surface area (TPSA) is 21.3 Å². The van der Waals surface area contributed by atoms with E-state index in [1.807, 2.05) is 12.1 Å². The van der Waals surface area contributed by atoms with Crippen LogP contribution in [0.3, 0.4) is 0 Å². The Morgan fingerprint density at radius 1 is 1.56 bits per heavy atom. The summed E-state index contributed by atoms with van der Waals surface area (Å²) in [4.78, 5) is 1.33. The molecule has 0 aliphatic rings. The maximum absolute atomic E-state index is 5.16. The number of hydrogen-bond acceptors (Lipinski definition) is 3. The van der Waals surface area contributed by atoms with E-state index in [1.165, 1.54) is 17.7 Å². The van der Waals surface area contributed by atoms with Crippen molar-refractivity contribution >= 4 is 11.3 Å². The molecule has 1 heterocycles. The number of ether oxygens (including phenoxy) is 1. The molecule has 90 valence electrons. The van der Waals surface area contributed by atoms with Crippen molar-refractivity contribution in [1.29, 1.82) is 0 Å². The monoisotopic (exact) mass is 239 g/mol. The third kappa shape index (κ3) is 4.81. The Morgan fingerprint density at radius 3 is 3.00 bits per heavy atom. The van der Waals surface area contributed by atoms with Crippen LogP contribution in [-0.4, -0.2) is 13.2 Å². The average molecular weight is 239 g/mol. The van der Waals surface area contributed by atoms with Gasteiger partial charge in [-0.2, -0.15) is 0 Å². The zero-order chi connectivity index (χ0) is 11.8. The minimum absolute atomic E-state index is 0.563. The highest BCUT2D eigenvalue weighted by Crippen LogP contribution is 2.23. The standard InChI is InChI=1S/C13H21NOS/c1-4-5-6-7-11(2)14-10-12-8-9-13(15-3)16-12/h4,8-9,11,14H,1,5-7,10H2,2-3H3. The summed E-state index contributed by atoms with van der Waals surface area (Å²) in [5, 5.41) is 4.50. The first-order chi connectivity index (χ1) is 7.76. The number of rotatable bonds is 8. The summed E-state index contributed by atoms with van der Waals surface area (Å²) < 4.78 is 5.16. The predicted octanol–water partition coefficient (Wildman–Crippen LogP) is 3.59. The van der Waals surface area contributed by atoms with Gasteiger partial charge in [0.25, 0.3) is 0 Å². The van der Waals surface area contributed by atoms with Crippen molar-refractivity contribution < 1.29 is 4.74 Å². The van der Waals surface area contributed by atoms with E-state index in [0.717, 1.165) is 18.0 Å². The zero-order valence-corrected chi connectivity index (χ0v) is 11.0. The number of hydrogen-bond donors (Lipinski definition) is 1. The second kappa shape index (κ2) is 7.47. The highest BCUT2D eigenvalue weighted by atomic mass is 32.1. The van der Waals surface area contributed by atoms with E-state index >= 15 is 0 Å². The molecule has 1 aromatic heterocycles. The molecule has 0 saturated carbocycles. The number of thiophene rings is 1. The van der Waals surface area contributed by atoms with Gasteiger partial charge < -0.3 is 10.1 Å². The van der Waals surface area contributed by atoms with Crippen LogP contribution in [0.25, 0.3) is 0 Å². The fraction of sp³-hybridized carbons (Fsp3) is 0.538. The van der Waals surface area contributed by atoms with Crippen molar-refractivity contribution in [2.45, 2.75) is 38.8 Å². The van der Waals surface area contributed by atoms with Gasteiger partial charge in [-0.3, -0.25) is 0 Å². The molecule has 0 bridgehead atoms. The fourth-order valence-corrected chi connectivity index (χ4v) is 2.28. The van der Waals surface area contributed by atoms with Crippen molar-refractivity contribution in [2.75, 3.05) is 7.11 Å². The second-order valence-electron chi connectivity index (χ2n) is 3.93. The first-order valence-electron chi connectivity index (χ1n) is 5.73. The van der Waals surface area contributed by atoms with Crippen molar-refractivity contribution in [3.05, 3.63) is 29.7 Å². The summed E-state index contributed by atoms with van der Waals surface area (Å²) in [5.41, 5.74) is 0. The van der Waals surface area contributed by atoms with Crippen LogP contribution in [0, 0.1) is 0 Å². The van der Waals surface area contributed by atoms with Crippen LogP contribution in [-0.2, 0) is 6.54 Å². The lowest BCUT2D eigenvalue weighted by Crippen LogP contribution is -2.24. The van der Waals surface area contributed by atoms with Crippen LogP contribution in [0.5, 0.6) is 5.06 Å². The van der Waals surface area contributed by atoms with Crippen LogP contribution in [0.1, 0.15) is 31.1 Å². The van der Waals surface area contributed by atoms with Gasteiger partial charge in [0.1, 0.15) is 0 Å². The van der Waals surface area contributed by atoms with E-state index in [4.69, 9.17) is 4.74 Å². The van der Waals surface area contributed by atoms with Crippen molar-refractivity contribution in [1.82, 2.24) is 5.32 Å². The van der Waals surface area contributed by atoms with Gasteiger partial charge in [-0.1, -0.05) is 6.08 Å². The SMILES string of the molecule is C=CCCCC(C)NCc1ccc(OC)s1. The van der Waals surface area contributed by atoms with E-state index in [1.54, 1.807) is 18.4 Å². The molecule has 0 fully saturated rings. The molecule has 0 amide bonds. The molecule has 0 aliphatic carbocycles. The van der Waals surface area contributed by atoms with Crippen LogP contribution >= 0.6 is 11.3 Å². The van der Waals surface area contributed by atoms with Crippen LogP contribution in [0.15, 0.2) is 24.8 Å². The second-order valence-corrected chi connectivity index (χ2v) is 5.06. The summed E-state index contributed by atoms with van der Waals surface area (Å²) in [7, 11) is 1.71. The third-order valence-corrected chi connectivity index (χ3v) is 3.55. The summed E-state index contributed by atoms with van der Waals surface area (Å²) in [6, 6.07) is 4.70. The Labute approximate surface area is 102 Å². The van der Waals surface area contributed by atoms with Crippen LogP contribution in [0.2, 0.25) is 0 Å². The molecular weight excluding hydrogens is 218 g/mol. The van der Waals surface area contributed by atoms with Gasteiger partial charge >= 0.3 is 0 Å². The van der Waals surface area contributed by atoms with Gasteiger partial charge in [-0.25, -0.2) is 0 Å². The average Bonchev–Trinajstić information content (AvgIpc) is 2.74. The predicted molar refractivity (Wildman–Crippen MR) is 71.2 cm³/mol. The maximum Gasteiger partial charge on any atom is 0.173 e. The molecule has 0 radical (unpaired) electrons. The number of nitrogens with one attached hydrogen (secondary N) is 1. The van der Waals surface area contributed by atoms with E-state index < -0.39 is 0 Å². The summed E-state index contributed by atoms with van der Waals surface area (Å²) in [6.45, 7) is 6.89. The van der Waals surface area contributed by atoms with Gasteiger partial charge in [0.15, 0.2) is 5.06 Å². The van der Waals surface area contributed by atoms with Gasteiger partial charge in [0.05, 0.1) is 7.11 Å². The Bertz CT molecular complexity index is 309. The minimum Gasteiger partial charge on any atom is -0.487 e. The number of methoxy groups -OCH3 is 1. The largest absolute Gasteiger partial charge is 0.487 e. The van der Waals surface area contributed by atoms with Crippen molar-refractivity contribution in [3.63, 3.8) is 0 Å². The van der Waals surface area contributed by atoms with E-state index in [2.05, 4.69) is 24.9 Å². The fourth-order valence-electron chi connectivity index (χ4n) is 1.51. The quantitative estimate of drug-likeness (QED) is 0.553. The third-order valence-electron chi connectivity index (χ3n) is 2.51. The molecule has 1 aromatic rings. The Hall–Kier alpha value is -0.800. The maximum atomic E-state index is 5.16. The first kappa shape index (κ1) is 13.3. The van der Waals surface area contributed by atoms with Gasteiger partial charge in [-0.05, 0) is 38.3 Å². The molecule has 1 unspecified atom stereocenters. The molecule has 16 heavy (non-hydrogen) atoms. The normalized spacial score (nSPS) is 12.4. The lowest BCUT2D eigenvalue weighted by Gasteiger charge is -2.12. The summed E-state index contributed by atoms with van der Waals surface area (Å²) in [6.07, 6.45) is 5.51. The minimum atomic E-state index is 0.563. The van der Waals surface area contributed by atoms with E-state index in [0.29, 0.717) is 6.04 Å². The molecule has 0 saturated heterocycles. The van der Waals surface area contributed by atoms with Crippen LogP contribution in [0.4, 0.5) is 0 Å². The molecule has 0 aromatic carbocycles. The Kier molecular flexibility index (Phi) is 6.19. The molecule has 2 nitrogen and oxygen atoms in total. The molecule has 1 rings (SSSR count). The smallest absolute Gasteiger partial charge is 0.173 e. The summed E-state index contributed by atoms with van der Waals surface area (Å²) in [5.74, 6) is 0. The number of unbranched alkanes of at least 4 members (excludes halogenated alkanes) is 1. The lowest BCUT2D eigenvalue weighted by molar-refractivity contribution is 0.427.